The number of thiazole rings is 1. The summed E-state index contributed by atoms with van der Waals surface area (Å²) in [5.41, 5.74) is 2.44. The number of halogens is 1. The molecule has 7 heteroatoms. The summed E-state index contributed by atoms with van der Waals surface area (Å²) in [6, 6.07) is 16.2. The fourth-order valence-electron chi connectivity index (χ4n) is 3.92. The molecule has 0 unspecified atom stereocenters. The molecule has 160 valence electrons. The SMILES string of the molecule is O=C(CC[C@]1(Cc2ccc(F)cc2)CCC(=O)N1)NCc1nc(-c2ccccc2)cs1. The summed E-state index contributed by atoms with van der Waals surface area (Å²) in [6.45, 7) is 0.383. The number of nitrogens with one attached hydrogen (secondary N) is 2. The molecule has 1 fully saturated rings. The van der Waals surface area contributed by atoms with Crippen LogP contribution < -0.4 is 10.6 Å². The number of amides is 2. The van der Waals surface area contributed by atoms with E-state index in [-0.39, 0.29) is 17.6 Å². The lowest BCUT2D eigenvalue weighted by molar-refractivity contribution is -0.122. The molecule has 3 aromatic rings. The Labute approximate surface area is 184 Å². The third-order valence-corrected chi connectivity index (χ3v) is 6.43. The van der Waals surface area contributed by atoms with Crippen LogP contribution in [0, 0.1) is 5.82 Å². The van der Waals surface area contributed by atoms with E-state index in [0.717, 1.165) is 21.8 Å². The highest BCUT2D eigenvalue weighted by molar-refractivity contribution is 7.09. The summed E-state index contributed by atoms with van der Waals surface area (Å²) >= 11 is 1.52. The topological polar surface area (TPSA) is 71.1 Å². The lowest BCUT2D eigenvalue weighted by Crippen LogP contribution is -2.44. The van der Waals surface area contributed by atoms with Crippen LogP contribution in [0.5, 0.6) is 0 Å². The molecule has 5 nitrogen and oxygen atoms in total. The summed E-state index contributed by atoms with van der Waals surface area (Å²) in [7, 11) is 0. The number of carbonyl (C=O) groups is 2. The maximum Gasteiger partial charge on any atom is 0.220 e. The van der Waals surface area contributed by atoms with Gasteiger partial charge in [-0.3, -0.25) is 9.59 Å². The zero-order chi connectivity index (χ0) is 21.7. The van der Waals surface area contributed by atoms with Gasteiger partial charge in [0.25, 0.3) is 0 Å². The van der Waals surface area contributed by atoms with Crippen molar-refractivity contribution in [2.75, 3.05) is 0 Å². The monoisotopic (exact) mass is 437 g/mol. The molecule has 1 aliphatic rings. The second-order valence-corrected chi connectivity index (χ2v) is 8.84. The van der Waals surface area contributed by atoms with Crippen molar-refractivity contribution in [3.8, 4) is 11.3 Å². The third-order valence-electron chi connectivity index (χ3n) is 5.58. The van der Waals surface area contributed by atoms with E-state index in [4.69, 9.17) is 0 Å². The molecule has 4 rings (SSSR count). The molecule has 1 aromatic heterocycles. The molecule has 0 radical (unpaired) electrons. The predicted octanol–water partition coefficient (Wildman–Crippen LogP) is 4.24. The number of hydrogen-bond acceptors (Lipinski definition) is 4. The van der Waals surface area contributed by atoms with Crippen LogP contribution in [0.25, 0.3) is 11.3 Å². The molecule has 1 atom stereocenters. The highest BCUT2D eigenvalue weighted by Crippen LogP contribution is 2.29. The molecule has 2 amide bonds. The fraction of sp³-hybridized carbons (Fsp3) is 0.292. The molecule has 0 saturated carbocycles. The van der Waals surface area contributed by atoms with Crippen molar-refractivity contribution in [3.05, 3.63) is 76.4 Å². The summed E-state index contributed by atoms with van der Waals surface area (Å²) in [5, 5.41) is 8.83. The van der Waals surface area contributed by atoms with Gasteiger partial charge in [0.2, 0.25) is 11.8 Å². The summed E-state index contributed by atoms with van der Waals surface area (Å²) in [4.78, 5) is 29.0. The van der Waals surface area contributed by atoms with E-state index in [1.165, 1.54) is 23.5 Å². The highest BCUT2D eigenvalue weighted by Gasteiger charge is 2.37. The fourth-order valence-corrected chi connectivity index (χ4v) is 4.67. The Hall–Kier alpha value is -3.06. The molecule has 2 heterocycles. The summed E-state index contributed by atoms with van der Waals surface area (Å²) in [6.07, 6.45) is 2.54. The average molecular weight is 438 g/mol. The van der Waals surface area contributed by atoms with E-state index in [0.29, 0.717) is 38.6 Å². The number of aromatic nitrogens is 1. The number of hydrogen-bond donors (Lipinski definition) is 2. The van der Waals surface area contributed by atoms with Gasteiger partial charge in [-0.25, -0.2) is 9.37 Å². The quantitative estimate of drug-likeness (QED) is 0.554. The first-order valence-corrected chi connectivity index (χ1v) is 11.2. The van der Waals surface area contributed by atoms with Gasteiger partial charge in [0.15, 0.2) is 0 Å². The molecule has 0 bridgehead atoms. The molecule has 2 N–H and O–H groups in total. The van der Waals surface area contributed by atoms with Gasteiger partial charge in [0, 0.05) is 29.3 Å². The Bertz CT molecular complexity index is 1050. The first kappa shape index (κ1) is 21.2. The Morgan fingerprint density at radius 3 is 2.65 bits per heavy atom. The number of carbonyl (C=O) groups excluding carboxylic acids is 2. The molecule has 1 aliphatic heterocycles. The van der Waals surface area contributed by atoms with Crippen molar-refractivity contribution >= 4 is 23.2 Å². The Kier molecular flexibility index (Phi) is 6.42. The third kappa shape index (κ3) is 5.55. The first-order chi connectivity index (χ1) is 15.0. The second-order valence-electron chi connectivity index (χ2n) is 7.90. The van der Waals surface area contributed by atoms with Crippen LogP contribution >= 0.6 is 11.3 Å². The van der Waals surface area contributed by atoms with Gasteiger partial charge in [-0.05, 0) is 37.0 Å². The van der Waals surface area contributed by atoms with Gasteiger partial charge in [-0.2, -0.15) is 0 Å². The summed E-state index contributed by atoms with van der Waals surface area (Å²) < 4.78 is 13.2. The van der Waals surface area contributed by atoms with Crippen LogP contribution in [-0.2, 0) is 22.6 Å². The van der Waals surface area contributed by atoms with Crippen molar-refractivity contribution in [1.29, 1.82) is 0 Å². The molecule has 1 saturated heterocycles. The molecule has 2 aromatic carbocycles. The van der Waals surface area contributed by atoms with Crippen LogP contribution in [0.2, 0.25) is 0 Å². The Morgan fingerprint density at radius 1 is 1.16 bits per heavy atom. The van der Waals surface area contributed by atoms with Crippen LogP contribution in [0.3, 0.4) is 0 Å². The average Bonchev–Trinajstić information content (AvgIpc) is 3.40. The van der Waals surface area contributed by atoms with Gasteiger partial charge in [-0.15, -0.1) is 11.3 Å². The molecule has 0 spiro atoms. The van der Waals surface area contributed by atoms with Crippen LogP contribution in [0.1, 0.15) is 36.3 Å². The van der Waals surface area contributed by atoms with Crippen LogP contribution in [0.4, 0.5) is 4.39 Å². The van der Waals surface area contributed by atoms with Crippen molar-refractivity contribution in [2.24, 2.45) is 0 Å². The van der Waals surface area contributed by atoms with Crippen LogP contribution in [0.15, 0.2) is 60.0 Å². The summed E-state index contributed by atoms with van der Waals surface area (Å²) in [5.74, 6) is -0.361. The van der Waals surface area contributed by atoms with Gasteiger partial charge in [0.05, 0.1) is 12.2 Å². The zero-order valence-corrected chi connectivity index (χ0v) is 17.9. The second kappa shape index (κ2) is 9.39. The zero-order valence-electron chi connectivity index (χ0n) is 17.1. The molecule has 0 aliphatic carbocycles. The van der Waals surface area contributed by atoms with Gasteiger partial charge >= 0.3 is 0 Å². The van der Waals surface area contributed by atoms with Crippen molar-refractivity contribution in [1.82, 2.24) is 15.6 Å². The van der Waals surface area contributed by atoms with E-state index in [2.05, 4.69) is 15.6 Å². The minimum Gasteiger partial charge on any atom is -0.350 e. The lowest BCUT2D eigenvalue weighted by Gasteiger charge is -2.29. The first-order valence-electron chi connectivity index (χ1n) is 10.3. The number of nitrogens with zero attached hydrogens (tertiary/aromatic N) is 1. The lowest BCUT2D eigenvalue weighted by atomic mass is 9.85. The Morgan fingerprint density at radius 2 is 1.94 bits per heavy atom. The maximum atomic E-state index is 13.2. The maximum absolute atomic E-state index is 13.2. The largest absolute Gasteiger partial charge is 0.350 e. The van der Waals surface area contributed by atoms with Gasteiger partial charge in [-0.1, -0.05) is 42.5 Å². The molecular formula is C24H24FN3O2S. The number of rotatable bonds is 8. The van der Waals surface area contributed by atoms with E-state index in [1.54, 1.807) is 12.1 Å². The van der Waals surface area contributed by atoms with Crippen molar-refractivity contribution in [3.63, 3.8) is 0 Å². The molecular weight excluding hydrogens is 413 g/mol. The van der Waals surface area contributed by atoms with E-state index in [1.807, 2.05) is 35.7 Å². The highest BCUT2D eigenvalue weighted by atomic mass is 32.1. The Balaban J connectivity index is 1.31. The van der Waals surface area contributed by atoms with E-state index < -0.39 is 5.54 Å². The van der Waals surface area contributed by atoms with Gasteiger partial charge in [0.1, 0.15) is 10.8 Å². The smallest absolute Gasteiger partial charge is 0.220 e. The van der Waals surface area contributed by atoms with Gasteiger partial charge < -0.3 is 10.6 Å². The normalized spacial score (nSPS) is 18.0. The minimum absolute atomic E-state index is 0.00116. The van der Waals surface area contributed by atoms with Crippen molar-refractivity contribution in [2.45, 2.75) is 44.2 Å². The standard InChI is InChI=1S/C24H24FN3O2S/c25-19-8-6-17(7-9-19)14-24(13-11-22(30)28-24)12-10-21(29)26-15-23-27-20(16-31-23)18-4-2-1-3-5-18/h1-9,16H,10-15H2,(H,26,29)(H,28,30)/t24-/m1/s1. The number of benzene rings is 2. The molecule has 31 heavy (non-hydrogen) atoms. The van der Waals surface area contributed by atoms with Crippen LogP contribution in [-0.4, -0.2) is 22.3 Å². The minimum atomic E-state index is -0.464. The van der Waals surface area contributed by atoms with E-state index >= 15 is 0 Å². The van der Waals surface area contributed by atoms with E-state index in [9.17, 15) is 14.0 Å². The van der Waals surface area contributed by atoms with Crippen molar-refractivity contribution < 1.29 is 14.0 Å². The predicted molar refractivity (Wildman–Crippen MR) is 119 cm³/mol.